The van der Waals surface area contributed by atoms with E-state index in [2.05, 4.69) is 10.9 Å². The minimum Gasteiger partial charge on any atom is -0.478 e. The van der Waals surface area contributed by atoms with Gasteiger partial charge in [-0.15, -0.1) is 6.42 Å². The third kappa shape index (κ3) is 1.01. The van der Waals surface area contributed by atoms with Crippen molar-refractivity contribution in [3.63, 3.8) is 0 Å². The molecule has 14 heavy (non-hydrogen) atoms. The number of aliphatic carboxylic acids is 1. The normalized spacial score (nSPS) is 22.8. The molecule has 1 atom stereocenters. The van der Waals surface area contributed by atoms with Crippen LogP contribution in [0.2, 0.25) is 0 Å². The van der Waals surface area contributed by atoms with Crippen LogP contribution in [0.15, 0.2) is 29.3 Å². The Morgan fingerprint density at radius 2 is 2.21 bits per heavy atom. The van der Waals surface area contributed by atoms with Crippen molar-refractivity contribution < 1.29 is 9.90 Å². The Labute approximate surface area is 80.4 Å². The van der Waals surface area contributed by atoms with Gasteiger partial charge in [-0.2, -0.15) is 0 Å². The summed E-state index contributed by atoms with van der Waals surface area (Å²) >= 11 is 0. The number of hydrogen-bond acceptors (Lipinski definition) is 2. The fourth-order valence-electron chi connectivity index (χ4n) is 1.40. The zero-order chi connectivity index (χ0) is 10.2. The van der Waals surface area contributed by atoms with E-state index < -0.39 is 11.5 Å². The molecule has 68 valence electrons. The zero-order valence-corrected chi connectivity index (χ0v) is 7.27. The number of nitrogens with zero attached hydrogens (tertiary/aromatic N) is 1. The Morgan fingerprint density at radius 3 is 2.79 bits per heavy atom. The number of carboxylic acid groups (broad SMARTS) is 1. The molecule has 1 unspecified atom stereocenters. The van der Waals surface area contributed by atoms with Crippen LogP contribution in [0.5, 0.6) is 0 Å². The van der Waals surface area contributed by atoms with E-state index in [4.69, 9.17) is 11.5 Å². The van der Waals surface area contributed by atoms with Gasteiger partial charge in [0.2, 0.25) is 5.54 Å². The molecule has 0 aromatic heterocycles. The monoisotopic (exact) mass is 185 g/mol. The summed E-state index contributed by atoms with van der Waals surface area (Å²) in [5.41, 5.74) is -1.51. The van der Waals surface area contributed by atoms with Gasteiger partial charge in [-0.05, 0) is 17.4 Å². The molecular weight excluding hydrogens is 178 g/mol. The van der Waals surface area contributed by atoms with E-state index in [9.17, 15) is 4.79 Å². The van der Waals surface area contributed by atoms with Crippen LogP contribution in [0.4, 0.5) is 0 Å². The summed E-state index contributed by atoms with van der Waals surface area (Å²) in [6.07, 6.45) is 6.68. The average Bonchev–Trinajstić information content (AvgIpc) is 2.57. The van der Waals surface area contributed by atoms with Crippen molar-refractivity contribution in [3.8, 4) is 12.3 Å². The van der Waals surface area contributed by atoms with E-state index in [-0.39, 0.29) is 0 Å². The van der Waals surface area contributed by atoms with Crippen LogP contribution in [-0.4, -0.2) is 16.6 Å². The number of terminal acetylenes is 1. The molecule has 0 radical (unpaired) electrons. The Kier molecular flexibility index (Phi) is 1.65. The zero-order valence-electron chi connectivity index (χ0n) is 7.27. The Bertz CT molecular complexity index is 516. The van der Waals surface area contributed by atoms with Gasteiger partial charge in [0.1, 0.15) is 0 Å². The lowest BCUT2D eigenvalue weighted by Crippen LogP contribution is -2.31. The van der Waals surface area contributed by atoms with E-state index in [0.29, 0.717) is 5.36 Å². The van der Waals surface area contributed by atoms with Crippen molar-refractivity contribution in [2.45, 2.75) is 5.54 Å². The Balaban J connectivity index is 2.76. The standard InChI is InChI=1S/C11H7NO2/c1-2-11(10(13)14)7-8-5-3-4-6-9(8)12-11/h1,3-7H,(H,13,14). The highest BCUT2D eigenvalue weighted by molar-refractivity contribution is 5.92. The average molecular weight is 185 g/mol. The highest BCUT2D eigenvalue weighted by atomic mass is 16.4. The van der Waals surface area contributed by atoms with Crippen molar-refractivity contribution in [1.82, 2.24) is 0 Å². The molecular formula is C11H7NO2. The molecule has 0 bridgehead atoms. The number of carbonyl (C=O) groups is 1. The quantitative estimate of drug-likeness (QED) is 0.603. The number of benzene rings is 1. The molecule has 1 aromatic rings. The van der Waals surface area contributed by atoms with Gasteiger partial charge < -0.3 is 5.11 Å². The number of hydrogen-bond donors (Lipinski definition) is 1. The number of rotatable bonds is 1. The minimum absolute atomic E-state index is 0.632. The second-order valence-corrected chi connectivity index (χ2v) is 3.03. The van der Waals surface area contributed by atoms with Crippen LogP contribution in [0.25, 0.3) is 6.08 Å². The third-order valence-corrected chi connectivity index (χ3v) is 2.14. The van der Waals surface area contributed by atoms with E-state index in [1.54, 1.807) is 18.2 Å². The number of carboxylic acids is 1. The predicted octanol–water partition coefficient (Wildman–Crippen LogP) is -0.443. The van der Waals surface area contributed by atoms with Crippen molar-refractivity contribution in [2.75, 3.05) is 0 Å². The lowest BCUT2D eigenvalue weighted by atomic mass is 10.0. The second-order valence-electron chi connectivity index (χ2n) is 3.03. The van der Waals surface area contributed by atoms with Gasteiger partial charge in [0.25, 0.3) is 0 Å². The molecule has 1 N–H and O–H groups in total. The topological polar surface area (TPSA) is 49.7 Å². The molecule has 1 aliphatic rings. The summed E-state index contributed by atoms with van der Waals surface area (Å²) in [4.78, 5) is 15.0. The number of para-hydroxylation sites is 1. The lowest BCUT2D eigenvalue weighted by Gasteiger charge is -2.09. The highest BCUT2D eigenvalue weighted by Gasteiger charge is 2.35. The van der Waals surface area contributed by atoms with E-state index >= 15 is 0 Å². The molecule has 3 heteroatoms. The second kappa shape index (κ2) is 2.71. The van der Waals surface area contributed by atoms with E-state index in [1.807, 2.05) is 6.07 Å². The third-order valence-electron chi connectivity index (χ3n) is 2.14. The lowest BCUT2D eigenvalue weighted by molar-refractivity contribution is -0.138. The molecule has 0 aliphatic carbocycles. The molecule has 0 saturated heterocycles. The summed E-state index contributed by atoms with van der Waals surface area (Å²) in [7, 11) is 0. The van der Waals surface area contributed by atoms with Gasteiger partial charge in [0.15, 0.2) is 0 Å². The van der Waals surface area contributed by atoms with E-state index in [1.165, 1.54) is 6.08 Å². The largest absolute Gasteiger partial charge is 0.478 e. The van der Waals surface area contributed by atoms with Gasteiger partial charge in [-0.25, -0.2) is 9.79 Å². The summed E-state index contributed by atoms with van der Waals surface area (Å²) in [5.74, 6) is 1.09. The van der Waals surface area contributed by atoms with Crippen LogP contribution >= 0.6 is 0 Å². The van der Waals surface area contributed by atoms with Crippen LogP contribution < -0.4 is 10.6 Å². The van der Waals surface area contributed by atoms with Gasteiger partial charge in [0.05, 0.1) is 5.36 Å². The first kappa shape index (κ1) is 8.52. The fourth-order valence-corrected chi connectivity index (χ4v) is 1.40. The van der Waals surface area contributed by atoms with Gasteiger partial charge in [0, 0.05) is 0 Å². The minimum atomic E-state index is -1.51. The van der Waals surface area contributed by atoms with Crippen LogP contribution in [0.1, 0.15) is 0 Å². The van der Waals surface area contributed by atoms with Gasteiger partial charge in [-0.3, -0.25) is 0 Å². The molecule has 0 saturated carbocycles. The van der Waals surface area contributed by atoms with E-state index in [0.717, 1.165) is 5.22 Å². The first-order valence-corrected chi connectivity index (χ1v) is 4.07. The molecule has 1 aromatic carbocycles. The maximum atomic E-state index is 11.0. The summed E-state index contributed by atoms with van der Waals surface area (Å²) in [6, 6.07) is 7.15. The first-order chi connectivity index (χ1) is 6.68. The number of fused-ring (bicyclic) bond motifs is 1. The Hall–Kier alpha value is -2.08. The van der Waals surface area contributed by atoms with Crippen LogP contribution in [0, 0.1) is 12.3 Å². The maximum Gasteiger partial charge on any atom is 0.348 e. The van der Waals surface area contributed by atoms with Crippen LogP contribution in [0.3, 0.4) is 0 Å². The fraction of sp³-hybridized carbons (Fsp3) is 0.0909. The maximum absolute atomic E-state index is 11.0. The molecule has 2 rings (SSSR count). The van der Waals surface area contributed by atoms with Crippen molar-refractivity contribution in [1.29, 1.82) is 0 Å². The van der Waals surface area contributed by atoms with Gasteiger partial charge in [-0.1, -0.05) is 24.1 Å². The SMILES string of the molecule is C#CC1(C(=O)O)C=c2ccccc2=N1. The van der Waals surface area contributed by atoms with Crippen molar-refractivity contribution in [2.24, 2.45) is 4.99 Å². The summed E-state index contributed by atoms with van der Waals surface area (Å²) < 4.78 is 0. The smallest absolute Gasteiger partial charge is 0.348 e. The predicted molar refractivity (Wildman–Crippen MR) is 50.9 cm³/mol. The highest BCUT2D eigenvalue weighted by Crippen LogP contribution is 2.13. The van der Waals surface area contributed by atoms with Gasteiger partial charge >= 0.3 is 5.97 Å². The molecule has 1 heterocycles. The molecule has 1 aliphatic heterocycles. The van der Waals surface area contributed by atoms with Crippen molar-refractivity contribution >= 4 is 12.0 Å². The molecule has 3 nitrogen and oxygen atoms in total. The molecule has 0 spiro atoms. The molecule has 0 amide bonds. The molecule has 0 fully saturated rings. The Morgan fingerprint density at radius 1 is 1.50 bits per heavy atom. The van der Waals surface area contributed by atoms with Crippen molar-refractivity contribution in [3.05, 3.63) is 34.8 Å². The summed E-state index contributed by atoms with van der Waals surface area (Å²) in [5, 5.41) is 10.4. The first-order valence-electron chi connectivity index (χ1n) is 4.07. The van der Waals surface area contributed by atoms with Crippen LogP contribution in [-0.2, 0) is 4.79 Å². The summed E-state index contributed by atoms with van der Waals surface area (Å²) in [6.45, 7) is 0.